The van der Waals surface area contributed by atoms with Crippen LogP contribution in [0.2, 0.25) is 5.02 Å². The Labute approximate surface area is 160 Å². The first-order chi connectivity index (χ1) is 12.9. The Bertz CT molecular complexity index is 943. The van der Waals surface area contributed by atoms with Crippen molar-refractivity contribution in [2.75, 3.05) is 13.2 Å². The molecule has 2 heterocycles. The number of carbonyl (C=O) groups excluding carboxylic acids is 4. The monoisotopic (exact) mass is 391 g/mol. The van der Waals surface area contributed by atoms with E-state index in [9.17, 15) is 19.2 Å². The van der Waals surface area contributed by atoms with Gasteiger partial charge in [-0.05, 0) is 38.5 Å². The number of esters is 2. The Morgan fingerprint density at radius 2 is 1.85 bits per heavy atom. The van der Waals surface area contributed by atoms with E-state index in [4.69, 9.17) is 21.1 Å². The third-order valence-electron chi connectivity index (χ3n) is 4.70. The molecule has 3 rings (SSSR count). The van der Waals surface area contributed by atoms with Gasteiger partial charge in [-0.1, -0.05) is 11.6 Å². The Hall–Kier alpha value is -2.67. The predicted octanol–water partition coefficient (Wildman–Crippen LogP) is 2.91. The average molecular weight is 392 g/mol. The zero-order valence-electron chi connectivity index (χ0n) is 14.9. The van der Waals surface area contributed by atoms with Crippen molar-refractivity contribution in [1.29, 1.82) is 0 Å². The fourth-order valence-electron chi connectivity index (χ4n) is 3.60. The Balaban J connectivity index is 2.44. The summed E-state index contributed by atoms with van der Waals surface area (Å²) in [5.41, 5.74) is -1.44. The minimum atomic E-state index is -1.89. The Morgan fingerprint density at radius 3 is 2.41 bits per heavy atom. The van der Waals surface area contributed by atoms with Crippen LogP contribution in [0.3, 0.4) is 0 Å². The fraction of sp³-hybridized carbons (Fsp3) is 0.368. The lowest BCUT2D eigenvalue weighted by Gasteiger charge is -2.33. The number of benzene rings is 1. The second kappa shape index (κ2) is 7.15. The highest BCUT2D eigenvalue weighted by Crippen LogP contribution is 2.43. The first-order valence-electron chi connectivity index (χ1n) is 8.59. The zero-order valence-corrected chi connectivity index (χ0v) is 15.7. The predicted molar refractivity (Wildman–Crippen MR) is 97.1 cm³/mol. The minimum absolute atomic E-state index is 0.0112. The highest BCUT2D eigenvalue weighted by Gasteiger charge is 2.57. The lowest BCUT2D eigenvalue weighted by molar-refractivity contribution is -0.165. The summed E-state index contributed by atoms with van der Waals surface area (Å²) in [4.78, 5) is 50.5. The van der Waals surface area contributed by atoms with Crippen LogP contribution in [0.4, 0.5) is 0 Å². The molecule has 0 fully saturated rings. The lowest BCUT2D eigenvalue weighted by atomic mass is 9.76. The standard InChI is InChI=1S/C19H18ClNO6/c1-3-26-17(24)19(18(25)27-4-2)8-7-15(23)21-14-6-5-11(20)9-12(14)13(10-22)16(19)21/h5-6,9-10H,3-4,7-8H2,1-2H3. The topological polar surface area (TPSA) is 91.7 Å². The van der Waals surface area contributed by atoms with Crippen LogP contribution in [0.1, 0.15) is 47.5 Å². The largest absolute Gasteiger partial charge is 0.465 e. The lowest BCUT2D eigenvalue weighted by Crippen LogP contribution is -2.51. The Kier molecular flexibility index (Phi) is 5.06. The smallest absolute Gasteiger partial charge is 0.329 e. The molecule has 1 aromatic carbocycles. The van der Waals surface area contributed by atoms with Gasteiger partial charge in [0.1, 0.15) is 0 Å². The third-order valence-corrected chi connectivity index (χ3v) is 4.94. The molecule has 0 saturated carbocycles. The van der Waals surface area contributed by atoms with Crippen molar-refractivity contribution in [3.63, 3.8) is 0 Å². The van der Waals surface area contributed by atoms with Gasteiger partial charge in [-0.15, -0.1) is 0 Å². The molecule has 0 N–H and O–H groups in total. The van der Waals surface area contributed by atoms with E-state index in [1.54, 1.807) is 26.0 Å². The molecule has 0 saturated heterocycles. The maximum absolute atomic E-state index is 12.9. The van der Waals surface area contributed by atoms with Crippen LogP contribution in [-0.4, -0.2) is 41.9 Å². The van der Waals surface area contributed by atoms with Crippen LogP contribution in [0, 0.1) is 0 Å². The van der Waals surface area contributed by atoms with Gasteiger partial charge in [0.2, 0.25) is 11.3 Å². The van der Waals surface area contributed by atoms with E-state index >= 15 is 0 Å². The van der Waals surface area contributed by atoms with Crippen LogP contribution < -0.4 is 0 Å². The van der Waals surface area contributed by atoms with Crippen LogP contribution in [0.25, 0.3) is 10.9 Å². The van der Waals surface area contributed by atoms with E-state index in [1.807, 2.05) is 0 Å². The SMILES string of the molecule is CCOC(=O)C1(C(=O)OCC)CCC(=O)n2c1c(C=O)c1cc(Cl)ccc12. The van der Waals surface area contributed by atoms with Crippen LogP contribution in [-0.2, 0) is 24.5 Å². The third kappa shape index (κ3) is 2.73. The average Bonchev–Trinajstić information content (AvgIpc) is 2.97. The quantitative estimate of drug-likeness (QED) is 0.442. The van der Waals surface area contributed by atoms with Gasteiger partial charge >= 0.3 is 11.9 Å². The molecule has 1 aliphatic rings. The van der Waals surface area contributed by atoms with Crippen LogP contribution in [0.5, 0.6) is 0 Å². The van der Waals surface area contributed by atoms with Gasteiger partial charge in [0.05, 0.1) is 24.4 Å². The van der Waals surface area contributed by atoms with Gasteiger partial charge in [-0.25, -0.2) is 0 Å². The van der Waals surface area contributed by atoms with Crippen molar-refractivity contribution < 1.29 is 28.7 Å². The summed E-state index contributed by atoms with van der Waals surface area (Å²) in [5, 5.41) is 0.750. The van der Waals surface area contributed by atoms with Gasteiger partial charge in [-0.3, -0.25) is 23.7 Å². The molecular weight excluding hydrogens is 374 g/mol. The highest BCUT2D eigenvalue weighted by atomic mass is 35.5. The maximum Gasteiger partial charge on any atom is 0.329 e. The van der Waals surface area contributed by atoms with E-state index in [-0.39, 0.29) is 43.2 Å². The molecule has 8 heteroatoms. The van der Waals surface area contributed by atoms with Crippen molar-refractivity contribution in [1.82, 2.24) is 4.57 Å². The molecule has 0 radical (unpaired) electrons. The molecule has 0 aliphatic carbocycles. The number of rotatable bonds is 5. The minimum Gasteiger partial charge on any atom is -0.465 e. The summed E-state index contributed by atoms with van der Waals surface area (Å²) in [6, 6.07) is 4.68. The number of aromatic nitrogens is 1. The van der Waals surface area contributed by atoms with Gasteiger partial charge < -0.3 is 9.47 Å². The Morgan fingerprint density at radius 1 is 1.22 bits per heavy atom. The number of halogens is 1. The fourth-order valence-corrected chi connectivity index (χ4v) is 3.77. The first-order valence-corrected chi connectivity index (χ1v) is 8.97. The summed E-state index contributed by atoms with van der Waals surface area (Å²) in [6.45, 7) is 3.30. The molecule has 0 spiro atoms. The maximum atomic E-state index is 12.9. The summed E-state index contributed by atoms with van der Waals surface area (Å²) in [7, 11) is 0. The molecule has 7 nitrogen and oxygen atoms in total. The molecule has 27 heavy (non-hydrogen) atoms. The summed E-state index contributed by atoms with van der Waals surface area (Å²) in [6.07, 6.45) is 0.319. The van der Waals surface area contributed by atoms with E-state index < -0.39 is 17.4 Å². The molecule has 1 aromatic heterocycles. The molecule has 1 aliphatic heterocycles. The highest BCUT2D eigenvalue weighted by molar-refractivity contribution is 6.31. The second-order valence-electron chi connectivity index (χ2n) is 6.12. The molecule has 0 unspecified atom stereocenters. The number of hydrogen-bond acceptors (Lipinski definition) is 6. The molecule has 0 amide bonds. The molecular formula is C19H18ClNO6. The van der Waals surface area contributed by atoms with Gasteiger partial charge in [0.25, 0.3) is 0 Å². The van der Waals surface area contributed by atoms with Crippen LogP contribution in [0.15, 0.2) is 18.2 Å². The number of carbonyl (C=O) groups is 4. The molecule has 142 valence electrons. The number of fused-ring (bicyclic) bond motifs is 3. The molecule has 0 bridgehead atoms. The number of aldehydes is 1. The van der Waals surface area contributed by atoms with E-state index in [0.717, 1.165) is 0 Å². The number of hydrogen-bond donors (Lipinski definition) is 0. The van der Waals surface area contributed by atoms with Gasteiger partial charge in [0, 0.05) is 22.4 Å². The van der Waals surface area contributed by atoms with Crippen LogP contribution >= 0.6 is 11.6 Å². The van der Waals surface area contributed by atoms with Gasteiger partial charge in [0.15, 0.2) is 6.29 Å². The number of ether oxygens (including phenoxy) is 2. The van der Waals surface area contributed by atoms with Crippen molar-refractivity contribution >= 4 is 46.6 Å². The molecule has 0 atom stereocenters. The van der Waals surface area contributed by atoms with Gasteiger partial charge in [-0.2, -0.15) is 0 Å². The van der Waals surface area contributed by atoms with E-state index in [2.05, 4.69) is 0 Å². The van der Waals surface area contributed by atoms with Crippen molar-refractivity contribution in [2.24, 2.45) is 0 Å². The summed E-state index contributed by atoms with van der Waals surface area (Å²) >= 11 is 6.05. The first kappa shape index (κ1) is 19.1. The normalized spacial score (nSPS) is 15.3. The van der Waals surface area contributed by atoms with Crippen molar-refractivity contribution in [3.8, 4) is 0 Å². The van der Waals surface area contributed by atoms with Crippen molar-refractivity contribution in [3.05, 3.63) is 34.5 Å². The summed E-state index contributed by atoms with van der Waals surface area (Å²) < 4.78 is 11.6. The zero-order chi connectivity index (χ0) is 19.8. The molecule has 2 aromatic rings. The van der Waals surface area contributed by atoms with E-state index in [1.165, 1.54) is 10.6 Å². The number of nitrogens with zero attached hydrogens (tertiary/aromatic N) is 1. The van der Waals surface area contributed by atoms with Crippen molar-refractivity contribution in [2.45, 2.75) is 32.1 Å². The second-order valence-corrected chi connectivity index (χ2v) is 6.55. The summed E-state index contributed by atoms with van der Waals surface area (Å²) in [5.74, 6) is -2.00. The van der Waals surface area contributed by atoms with E-state index in [0.29, 0.717) is 22.2 Å².